The number of pyridine rings is 1. The summed E-state index contributed by atoms with van der Waals surface area (Å²) in [5.41, 5.74) is 1.19. The Balaban J connectivity index is 2.43. The van der Waals surface area contributed by atoms with Crippen LogP contribution in [0.4, 0.5) is 5.69 Å². The van der Waals surface area contributed by atoms with Gasteiger partial charge in [-0.2, -0.15) is 0 Å². The molecule has 0 aliphatic rings. The van der Waals surface area contributed by atoms with Gasteiger partial charge in [0.2, 0.25) is 0 Å². The van der Waals surface area contributed by atoms with Crippen LogP contribution in [0.2, 0.25) is 0 Å². The molecule has 0 fully saturated rings. The van der Waals surface area contributed by atoms with E-state index in [9.17, 15) is 8.42 Å². The van der Waals surface area contributed by atoms with E-state index in [-0.39, 0.29) is 10.6 Å². The summed E-state index contributed by atoms with van der Waals surface area (Å²) in [5.74, 6) is 0.284. The maximum Gasteiger partial charge on any atom is 0.265 e. The van der Waals surface area contributed by atoms with Crippen LogP contribution in [0, 0.1) is 6.92 Å². The zero-order valence-electron chi connectivity index (χ0n) is 10.9. The van der Waals surface area contributed by atoms with Gasteiger partial charge in [-0.15, -0.1) is 0 Å². The number of benzene rings is 1. The minimum absolute atomic E-state index is 0.0730. The summed E-state index contributed by atoms with van der Waals surface area (Å²) >= 11 is 3.26. The van der Waals surface area contributed by atoms with Crippen molar-refractivity contribution in [2.75, 3.05) is 11.8 Å². The van der Waals surface area contributed by atoms with Crippen molar-refractivity contribution in [1.29, 1.82) is 0 Å². The number of anilines is 1. The molecule has 1 heterocycles. The monoisotopic (exact) mass is 356 g/mol. The summed E-state index contributed by atoms with van der Waals surface area (Å²) in [4.78, 5) is 4.10. The van der Waals surface area contributed by atoms with Crippen LogP contribution in [-0.4, -0.2) is 20.5 Å². The highest BCUT2D eigenvalue weighted by Gasteiger charge is 2.20. The molecule has 0 saturated heterocycles. The van der Waals surface area contributed by atoms with Gasteiger partial charge >= 0.3 is 0 Å². The van der Waals surface area contributed by atoms with Crippen molar-refractivity contribution in [2.24, 2.45) is 0 Å². The molecule has 0 unspecified atom stereocenters. The van der Waals surface area contributed by atoms with Gasteiger partial charge in [0.05, 0.1) is 12.8 Å². The van der Waals surface area contributed by atoms with Crippen molar-refractivity contribution in [1.82, 2.24) is 4.98 Å². The normalized spacial score (nSPS) is 11.2. The number of sulfonamides is 1. The lowest BCUT2D eigenvalue weighted by molar-refractivity contribution is 0.403. The molecule has 1 aromatic carbocycles. The standard InChI is InChI=1S/C13H13BrN2O3S/c1-9-7-11(5-6-15-9)16-20(17,18)13-8-10(14)3-4-12(13)19-2/h3-8H,1-2H3,(H,15,16). The summed E-state index contributed by atoms with van der Waals surface area (Å²) in [5, 5.41) is 0. The Hall–Kier alpha value is -1.60. The topological polar surface area (TPSA) is 68.3 Å². The number of nitrogens with zero attached hydrogens (tertiary/aromatic N) is 1. The average molecular weight is 357 g/mol. The van der Waals surface area contributed by atoms with Crippen LogP contribution in [0.15, 0.2) is 45.9 Å². The van der Waals surface area contributed by atoms with Crippen molar-refractivity contribution in [2.45, 2.75) is 11.8 Å². The van der Waals surface area contributed by atoms with Gasteiger partial charge in [-0.05, 0) is 37.3 Å². The fraction of sp³-hybridized carbons (Fsp3) is 0.154. The molecule has 0 atom stereocenters. The number of nitrogens with one attached hydrogen (secondary N) is 1. The molecule has 0 saturated carbocycles. The van der Waals surface area contributed by atoms with E-state index in [0.29, 0.717) is 10.2 Å². The predicted octanol–water partition coefficient (Wildman–Crippen LogP) is 2.96. The van der Waals surface area contributed by atoms with E-state index in [1.807, 2.05) is 0 Å². The lowest BCUT2D eigenvalue weighted by Crippen LogP contribution is -2.14. The highest BCUT2D eigenvalue weighted by Crippen LogP contribution is 2.28. The number of rotatable bonds is 4. The van der Waals surface area contributed by atoms with Gasteiger partial charge in [-0.25, -0.2) is 8.42 Å². The Labute approximate surface area is 126 Å². The van der Waals surface area contributed by atoms with E-state index in [1.54, 1.807) is 37.4 Å². The molecule has 0 aliphatic heterocycles. The first-order valence-electron chi connectivity index (χ1n) is 5.71. The van der Waals surface area contributed by atoms with Gasteiger partial charge in [0.25, 0.3) is 10.0 Å². The largest absolute Gasteiger partial charge is 0.495 e. The van der Waals surface area contributed by atoms with Crippen LogP contribution in [0.5, 0.6) is 5.75 Å². The second-order valence-corrected chi connectivity index (χ2v) is 6.65. The van der Waals surface area contributed by atoms with E-state index in [0.717, 1.165) is 5.69 Å². The molecule has 1 aromatic heterocycles. The van der Waals surface area contributed by atoms with E-state index < -0.39 is 10.0 Å². The summed E-state index contributed by atoms with van der Waals surface area (Å²) < 4.78 is 33.1. The second-order valence-electron chi connectivity index (χ2n) is 4.09. The maximum absolute atomic E-state index is 12.4. The quantitative estimate of drug-likeness (QED) is 0.914. The average Bonchev–Trinajstić information content (AvgIpc) is 2.38. The number of aromatic nitrogens is 1. The van der Waals surface area contributed by atoms with Gasteiger partial charge in [-0.3, -0.25) is 9.71 Å². The fourth-order valence-electron chi connectivity index (χ4n) is 1.68. The minimum atomic E-state index is -3.73. The van der Waals surface area contributed by atoms with Crippen molar-refractivity contribution >= 4 is 31.6 Å². The number of hydrogen-bond donors (Lipinski definition) is 1. The van der Waals surface area contributed by atoms with E-state index in [2.05, 4.69) is 25.6 Å². The number of hydrogen-bond acceptors (Lipinski definition) is 4. The lowest BCUT2D eigenvalue weighted by atomic mass is 10.3. The number of methoxy groups -OCH3 is 1. The SMILES string of the molecule is COc1ccc(Br)cc1S(=O)(=O)Nc1ccnc(C)c1. The molecule has 0 amide bonds. The van der Waals surface area contributed by atoms with Gasteiger partial charge in [0, 0.05) is 16.4 Å². The second kappa shape index (κ2) is 5.80. The summed E-state index contributed by atoms with van der Waals surface area (Å²) in [6.45, 7) is 1.79. The third kappa shape index (κ3) is 3.29. The van der Waals surface area contributed by atoms with Crippen molar-refractivity contribution in [3.8, 4) is 5.75 Å². The molecule has 1 N–H and O–H groups in total. The number of aryl methyl sites for hydroxylation is 1. The fourth-order valence-corrected chi connectivity index (χ4v) is 3.44. The highest BCUT2D eigenvalue weighted by atomic mass is 79.9. The number of halogens is 1. The lowest BCUT2D eigenvalue weighted by Gasteiger charge is -2.12. The first-order chi connectivity index (χ1) is 9.42. The Kier molecular flexibility index (Phi) is 4.29. The molecule has 20 heavy (non-hydrogen) atoms. The molecule has 2 aromatic rings. The molecule has 0 bridgehead atoms. The molecule has 106 valence electrons. The van der Waals surface area contributed by atoms with Gasteiger partial charge in [0.1, 0.15) is 10.6 Å². The van der Waals surface area contributed by atoms with Crippen LogP contribution < -0.4 is 9.46 Å². The molecular formula is C13H13BrN2O3S. The highest BCUT2D eigenvalue weighted by molar-refractivity contribution is 9.10. The first kappa shape index (κ1) is 14.8. The van der Waals surface area contributed by atoms with Crippen LogP contribution in [0.25, 0.3) is 0 Å². The summed E-state index contributed by atoms with van der Waals surface area (Å²) in [6.07, 6.45) is 1.55. The van der Waals surface area contributed by atoms with Crippen LogP contribution in [0.3, 0.4) is 0 Å². The van der Waals surface area contributed by atoms with Crippen LogP contribution >= 0.6 is 15.9 Å². The van der Waals surface area contributed by atoms with Crippen LogP contribution in [0.1, 0.15) is 5.69 Å². The van der Waals surface area contributed by atoms with Crippen molar-refractivity contribution < 1.29 is 13.2 Å². The number of ether oxygens (including phenoxy) is 1. The smallest absolute Gasteiger partial charge is 0.265 e. The molecule has 5 nitrogen and oxygen atoms in total. The third-order valence-electron chi connectivity index (χ3n) is 2.56. The van der Waals surface area contributed by atoms with Gasteiger partial charge < -0.3 is 4.74 Å². The van der Waals surface area contributed by atoms with Crippen molar-refractivity contribution in [3.05, 3.63) is 46.7 Å². The summed E-state index contributed by atoms with van der Waals surface area (Å²) in [7, 11) is -2.30. The van der Waals surface area contributed by atoms with E-state index >= 15 is 0 Å². The third-order valence-corrected chi connectivity index (χ3v) is 4.46. The molecule has 0 spiro atoms. The molecule has 0 aliphatic carbocycles. The Morgan fingerprint density at radius 2 is 2.00 bits per heavy atom. The Bertz CT molecular complexity index is 732. The maximum atomic E-state index is 12.4. The van der Waals surface area contributed by atoms with Gasteiger partial charge in [0.15, 0.2) is 0 Å². The van der Waals surface area contributed by atoms with Crippen LogP contribution in [-0.2, 0) is 10.0 Å². The molecular weight excluding hydrogens is 344 g/mol. The zero-order chi connectivity index (χ0) is 14.8. The van der Waals surface area contributed by atoms with Gasteiger partial charge in [-0.1, -0.05) is 15.9 Å². The zero-order valence-corrected chi connectivity index (χ0v) is 13.3. The summed E-state index contributed by atoms with van der Waals surface area (Å²) in [6, 6.07) is 8.05. The predicted molar refractivity (Wildman–Crippen MR) is 80.5 cm³/mol. The first-order valence-corrected chi connectivity index (χ1v) is 7.99. The van der Waals surface area contributed by atoms with Crippen molar-refractivity contribution in [3.63, 3.8) is 0 Å². The molecule has 0 radical (unpaired) electrons. The van der Waals surface area contributed by atoms with E-state index in [1.165, 1.54) is 13.2 Å². The minimum Gasteiger partial charge on any atom is -0.495 e. The Morgan fingerprint density at radius 1 is 1.25 bits per heavy atom. The molecule has 7 heteroatoms. The Morgan fingerprint density at radius 3 is 2.65 bits per heavy atom. The molecule has 2 rings (SSSR count). The van der Waals surface area contributed by atoms with E-state index in [4.69, 9.17) is 4.74 Å².